The van der Waals surface area contributed by atoms with Gasteiger partial charge in [-0.15, -0.1) is 0 Å². The van der Waals surface area contributed by atoms with Gasteiger partial charge in [-0.3, -0.25) is 14.4 Å². The van der Waals surface area contributed by atoms with E-state index in [1.807, 2.05) is 49.4 Å². The maximum absolute atomic E-state index is 13.9. The number of alkyl carbamates (subject to hydrolysis) is 1. The molecule has 6 rings (SSSR count). The van der Waals surface area contributed by atoms with Gasteiger partial charge in [0.05, 0.1) is 11.0 Å². The van der Waals surface area contributed by atoms with Gasteiger partial charge in [0, 0.05) is 36.2 Å². The van der Waals surface area contributed by atoms with Gasteiger partial charge >= 0.3 is 12.3 Å². The fraction of sp³-hybridized carbons (Fsp3) is 0.477. The minimum Gasteiger partial charge on any atom is -0.444 e. The van der Waals surface area contributed by atoms with E-state index in [4.69, 9.17) is 4.74 Å². The van der Waals surface area contributed by atoms with Crippen LogP contribution in [0.5, 0.6) is 0 Å². The monoisotopic (exact) mass is 817 g/mol. The van der Waals surface area contributed by atoms with E-state index in [2.05, 4.69) is 43.2 Å². The first-order valence-corrected chi connectivity index (χ1v) is 20.2. The van der Waals surface area contributed by atoms with Crippen LogP contribution >= 0.6 is 0 Å². The molecule has 3 aromatic carbocycles. The van der Waals surface area contributed by atoms with E-state index in [0.717, 1.165) is 48.2 Å². The van der Waals surface area contributed by atoms with Gasteiger partial charge in [0.2, 0.25) is 17.6 Å². The van der Waals surface area contributed by atoms with Crippen LogP contribution in [0.25, 0.3) is 22.2 Å². The predicted octanol–water partition coefficient (Wildman–Crippen LogP) is 7.38. The van der Waals surface area contributed by atoms with Crippen LogP contribution in [0.4, 0.5) is 23.7 Å². The number of aromatic amines is 1. The van der Waals surface area contributed by atoms with Gasteiger partial charge in [-0.05, 0) is 145 Å². The minimum absolute atomic E-state index is 0.0882. The van der Waals surface area contributed by atoms with Crippen LogP contribution in [0, 0.1) is 18.8 Å². The van der Waals surface area contributed by atoms with Gasteiger partial charge in [-0.2, -0.15) is 13.2 Å². The van der Waals surface area contributed by atoms with Crippen LogP contribution in [0.3, 0.4) is 0 Å². The summed E-state index contributed by atoms with van der Waals surface area (Å²) in [5.41, 5.74) is 4.02. The number of ether oxygens (including phenoxy) is 1. The Morgan fingerprint density at radius 3 is 2.25 bits per heavy atom. The molecule has 1 unspecified atom stereocenters. The Labute approximate surface area is 342 Å². The number of halogens is 3. The van der Waals surface area contributed by atoms with Crippen LogP contribution in [0.1, 0.15) is 86.6 Å². The van der Waals surface area contributed by atoms with Crippen LogP contribution in [0.2, 0.25) is 0 Å². The second-order valence-electron chi connectivity index (χ2n) is 16.9. The van der Waals surface area contributed by atoms with Crippen molar-refractivity contribution in [2.24, 2.45) is 11.8 Å². The normalized spacial score (nSPS) is 18.5. The number of anilines is 1. The van der Waals surface area contributed by atoms with Gasteiger partial charge in [0.25, 0.3) is 5.91 Å². The number of nitrogens with zero attached hydrogens (tertiary/aromatic N) is 2. The first kappa shape index (κ1) is 43.1. The molecule has 316 valence electrons. The number of nitrogens with one attached hydrogen (secondary N) is 5. The van der Waals surface area contributed by atoms with Gasteiger partial charge in [-0.1, -0.05) is 30.3 Å². The molecule has 59 heavy (non-hydrogen) atoms. The summed E-state index contributed by atoms with van der Waals surface area (Å²) in [6.07, 6.45) is -0.595. The number of rotatable bonds is 11. The Morgan fingerprint density at radius 1 is 0.915 bits per heavy atom. The molecule has 2 fully saturated rings. The number of aryl methyl sites for hydroxylation is 1. The van der Waals surface area contributed by atoms with E-state index in [-0.39, 0.29) is 52.8 Å². The number of carbonyl (C=O) groups excluding carboxylic acids is 4. The molecule has 1 aliphatic carbocycles. The van der Waals surface area contributed by atoms with Gasteiger partial charge in [-0.25, -0.2) is 9.78 Å². The lowest BCUT2D eigenvalue weighted by Gasteiger charge is -2.29. The van der Waals surface area contributed by atoms with Crippen molar-refractivity contribution in [1.29, 1.82) is 0 Å². The van der Waals surface area contributed by atoms with E-state index in [9.17, 15) is 32.3 Å². The number of aromatic nitrogens is 2. The zero-order valence-corrected chi connectivity index (χ0v) is 34.2. The molecular formula is C44H54F3N7O5. The number of likely N-dealkylation sites (tertiary alicyclic amines) is 1. The summed E-state index contributed by atoms with van der Waals surface area (Å²) >= 11 is 0. The number of imidazole rings is 1. The van der Waals surface area contributed by atoms with Crippen LogP contribution in [0.15, 0.2) is 60.7 Å². The van der Waals surface area contributed by atoms with Crippen molar-refractivity contribution in [1.82, 2.24) is 30.8 Å². The number of carbonyl (C=O) groups is 4. The molecule has 1 saturated heterocycles. The van der Waals surface area contributed by atoms with Crippen molar-refractivity contribution in [2.75, 3.05) is 32.0 Å². The molecule has 2 aliphatic rings. The number of fused-ring (bicyclic) bond motifs is 1. The van der Waals surface area contributed by atoms with Crippen molar-refractivity contribution < 1.29 is 37.1 Å². The van der Waals surface area contributed by atoms with Crippen molar-refractivity contribution in [3.63, 3.8) is 0 Å². The number of hydrogen-bond donors (Lipinski definition) is 5. The van der Waals surface area contributed by atoms with Gasteiger partial charge < -0.3 is 35.9 Å². The largest absolute Gasteiger partial charge is 0.449 e. The Kier molecular flexibility index (Phi) is 13.3. The second kappa shape index (κ2) is 18.2. The standard InChI is InChI=1S/C44H54F3N7O5/c1-26-22-31(39(56)49-32-18-20-54(5)21-19-32)14-16-34(26)29-10-6-27(7-11-29)23-37(40(57)50-33-15-17-35-36(24-33)53-41(52-35)44(45,46)47)51-38(55)30-12-8-28(9-13-30)25-48-42(58)59-43(2,3)4/h6-7,10-11,14-17,22,24,28,30,32,37H,8-9,12-13,18-21,23,25H2,1-5H3,(H,48,58)(H,49,56)(H,50,57)(H,51,55)(H,52,53). The number of alkyl halides is 3. The molecule has 1 aliphatic heterocycles. The van der Waals surface area contributed by atoms with Crippen molar-refractivity contribution in [3.8, 4) is 11.1 Å². The van der Waals surface area contributed by atoms with Crippen molar-refractivity contribution in [2.45, 2.75) is 96.5 Å². The zero-order valence-electron chi connectivity index (χ0n) is 34.2. The Balaban J connectivity index is 1.12. The number of piperidine rings is 1. The fourth-order valence-corrected chi connectivity index (χ4v) is 7.73. The summed E-state index contributed by atoms with van der Waals surface area (Å²) in [7, 11) is 2.08. The summed E-state index contributed by atoms with van der Waals surface area (Å²) in [6.45, 7) is 9.69. The van der Waals surface area contributed by atoms with Gasteiger partial charge in [0.1, 0.15) is 11.6 Å². The highest BCUT2D eigenvalue weighted by Crippen LogP contribution is 2.31. The number of amides is 4. The molecule has 1 saturated carbocycles. The number of hydrogen-bond acceptors (Lipinski definition) is 7. The predicted molar refractivity (Wildman–Crippen MR) is 220 cm³/mol. The third kappa shape index (κ3) is 11.8. The summed E-state index contributed by atoms with van der Waals surface area (Å²) in [6, 6.07) is 16.7. The molecule has 5 N–H and O–H groups in total. The van der Waals surface area contributed by atoms with Crippen molar-refractivity contribution >= 4 is 40.5 Å². The first-order chi connectivity index (χ1) is 27.9. The highest BCUT2D eigenvalue weighted by Gasteiger charge is 2.35. The molecule has 1 aromatic heterocycles. The van der Waals surface area contributed by atoms with E-state index < -0.39 is 35.6 Å². The van der Waals surface area contributed by atoms with Crippen LogP contribution < -0.4 is 21.3 Å². The number of H-pyrrole nitrogens is 1. The minimum atomic E-state index is -4.66. The summed E-state index contributed by atoms with van der Waals surface area (Å²) in [5, 5.41) is 11.7. The molecule has 0 radical (unpaired) electrons. The molecule has 0 spiro atoms. The molecule has 0 bridgehead atoms. The topological polar surface area (TPSA) is 158 Å². The maximum atomic E-state index is 13.9. The SMILES string of the molecule is Cc1cc(C(=O)NC2CCN(C)CC2)ccc1-c1ccc(CC(NC(=O)C2CCC(CNC(=O)OC(C)(C)C)CC2)C(=O)Nc2ccc3nc(C(F)(F)F)[nH]c3c2)cc1. The van der Waals surface area contributed by atoms with Crippen LogP contribution in [-0.4, -0.2) is 83.0 Å². The highest BCUT2D eigenvalue weighted by atomic mass is 19.4. The van der Waals surface area contributed by atoms with E-state index in [1.165, 1.54) is 18.2 Å². The molecule has 2 heterocycles. The Morgan fingerprint density at radius 2 is 1.61 bits per heavy atom. The highest BCUT2D eigenvalue weighted by molar-refractivity contribution is 5.99. The lowest BCUT2D eigenvalue weighted by Crippen LogP contribution is -2.48. The lowest BCUT2D eigenvalue weighted by molar-refractivity contribution is -0.144. The zero-order chi connectivity index (χ0) is 42.5. The third-order valence-electron chi connectivity index (χ3n) is 11.0. The van der Waals surface area contributed by atoms with E-state index in [1.54, 1.807) is 20.8 Å². The van der Waals surface area contributed by atoms with Crippen LogP contribution in [-0.2, 0) is 26.9 Å². The average molecular weight is 818 g/mol. The average Bonchev–Trinajstić information content (AvgIpc) is 3.62. The molecule has 15 heteroatoms. The Hall–Kier alpha value is -5.44. The summed E-state index contributed by atoms with van der Waals surface area (Å²) in [5.74, 6) is -2.19. The maximum Gasteiger partial charge on any atom is 0.449 e. The molecule has 1 atom stereocenters. The van der Waals surface area contributed by atoms with Gasteiger partial charge in [0.15, 0.2) is 0 Å². The fourth-order valence-electron chi connectivity index (χ4n) is 7.73. The van der Waals surface area contributed by atoms with E-state index in [0.29, 0.717) is 37.8 Å². The first-order valence-electron chi connectivity index (χ1n) is 20.2. The smallest absolute Gasteiger partial charge is 0.444 e. The molecule has 12 nitrogen and oxygen atoms in total. The molecular weight excluding hydrogens is 764 g/mol. The second-order valence-corrected chi connectivity index (χ2v) is 16.9. The number of benzene rings is 3. The third-order valence-corrected chi connectivity index (χ3v) is 11.0. The summed E-state index contributed by atoms with van der Waals surface area (Å²) in [4.78, 5) is 60.9. The van der Waals surface area contributed by atoms with E-state index >= 15 is 0 Å². The molecule has 4 aromatic rings. The summed E-state index contributed by atoms with van der Waals surface area (Å²) < 4.78 is 45.2. The lowest BCUT2D eigenvalue weighted by atomic mass is 9.81. The van der Waals surface area contributed by atoms with Crippen molar-refractivity contribution in [3.05, 3.63) is 83.2 Å². The molecule has 4 amide bonds. The Bertz CT molecular complexity index is 2130. The quantitative estimate of drug-likeness (QED) is 0.106.